The third-order valence-corrected chi connectivity index (χ3v) is 4.16. The van der Waals surface area contributed by atoms with Crippen molar-refractivity contribution in [2.75, 3.05) is 5.32 Å². The minimum absolute atomic E-state index is 0.000648. The van der Waals surface area contributed by atoms with E-state index < -0.39 is 11.8 Å². The smallest absolute Gasteiger partial charge is 0.258 e. The SMILES string of the molecule is Cc1ccc(NC(=O)c2c(C(N)=O)ccc(Cl)c2Cl)cc1C. The molecule has 22 heavy (non-hydrogen) atoms. The number of primary amides is 1. The molecule has 114 valence electrons. The standard InChI is InChI=1S/C16H14Cl2N2O2/c1-8-3-4-10(7-9(8)2)20-16(22)13-11(15(19)21)5-6-12(17)14(13)18/h3-7H,1-2H3,(H2,19,21)(H,20,22). The van der Waals surface area contributed by atoms with Crippen LogP contribution in [0.3, 0.4) is 0 Å². The Morgan fingerprint density at radius 1 is 1.05 bits per heavy atom. The van der Waals surface area contributed by atoms with Crippen molar-refractivity contribution < 1.29 is 9.59 Å². The van der Waals surface area contributed by atoms with Crippen molar-refractivity contribution in [1.29, 1.82) is 0 Å². The van der Waals surface area contributed by atoms with E-state index in [2.05, 4.69) is 5.32 Å². The van der Waals surface area contributed by atoms with Crippen LogP contribution in [0.15, 0.2) is 30.3 Å². The van der Waals surface area contributed by atoms with Crippen molar-refractivity contribution in [3.8, 4) is 0 Å². The number of nitrogens with one attached hydrogen (secondary N) is 1. The molecule has 0 aliphatic rings. The molecule has 0 saturated heterocycles. The van der Waals surface area contributed by atoms with Crippen LogP contribution in [0.1, 0.15) is 31.8 Å². The Morgan fingerprint density at radius 2 is 1.73 bits per heavy atom. The Hall–Kier alpha value is -2.04. The van der Waals surface area contributed by atoms with Crippen molar-refractivity contribution >= 4 is 40.7 Å². The Kier molecular flexibility index (Phi) is 4.74. The number of rotatable bonds is 3. The Labute approximate surface area is 138 Å². The summed E-state index contributed by atoms with van der Waals surface area (Å²) >= 11 is 12.0. The van der Waals surface area contributed by atoms with E-state index in [0.717, 1.165) is 11.1 Å². The Morgan fingerprint density at radius 3 is 2.32 bits per heavy atom. The summed E-state index contributed by atoms with van der Waals surface area (Å²) < 4.78 is 0. The normalized spacial score (nSPS) is 10.4. The molecule has 4 nitrogen and oxygen atoms in total. The highest BCUT2D eigenvalue weighted by Gasteiger charge is 2.21. The van der Waals surface area contributed by atoms with Gasteiger partial charge >= 0.3 is 0 Å². The van der Waals surface area contributed by atoms with E-state index in [-0.39, 0.29) is 21.2 Å². The number of benzene rings is 2. The van der Waals surface area contributed by atoms with Crippen LogP contribution in [0.25, 0.3) is 0 Å². The molecule has 2 aromatic rings. The van der Waals surface area contributed by atoms with Gasteiger partial charge in [0.25, 0.3) is 5.91 Å². The number of carbonyl (C=O) groups excluding carboxylic acids is 2. The van der Waals surface area contributed by atoms with E-state index >= 15 is 0 Å². The first-order valence-corrected chi connectivity index (χ1v) is 7.23. The molecule has 0 radical (unpaired) electrons. The summed E-state index contributed by atoms with van der Waals surface area (Å²) in [6.07, 6.45) is 0. The molecule has 0 heterocycles. The lowest BCUT2D eigenvalue weighted by Gasteiger charge is -2.12. The van der Waals surface area contributed by atoms with Crippen LogP contribution in [0.2, 0.25) is 10.0 Å². The third kappa shape index (κ3) is 3.24. The van der Waals surface area contributed by atoms with Crippen LogP contribution in [0.5, 0.6) is 0 Å². The summed E-state index contributed by atoms with van der Waals surface area (Å²) in [7, 11) is 0. The fourth-order valence-electron chi connectivity index (χ4n) is 1.99. The van der Waals surface area contributed by atoms with Crippen molar-refractivity contribution in [3.05, 3.63) is 62.6 Å². The van der Waals surface area contributed by atoms with E-state index in [1.54, 1.807) is 6.07 Å². The zero-order chi connectivity index (χ0) is 16.4. The fraction of sp³-hybridized carbons (Fsp3) is 0.125. The number of halogens is 2. The molecule has 0 spiro atoms. The van der Waals surface area contributed by atoms with Crippen LogP contribution >= 0.6 is 23.2 Å². The van der Waals surface area contributed by atoms with Crippen molar-refractivity contribution in [2.45, 2.75) is 13.8 Å². The lowest BCUT2D eigenvalue weighted by atomic mass is 10.1. The van der Waals surface area contributed by atoms with Gasteiger partial charge in [-0.05, 0) is 49.2 Å². The predicted octanol–water partition coefficient (Wildman–Crippen LogP) is 3.96. The summed E-state index contributed by atoms with van der Waals surface area (Å²) in [5.41, 5.74) is 8.02. The molecule has 0 aliphatic heterocycles. The number of hydrogen-bond donors (Lipinski definition) is 2. The molecule has 0 bridgehead atoms. The highest BCUT2D eigenvalue weighted by atomic mass is 35.5. The quantitative estimate of drug-likeness (QED) is 0.890. The average molecular weight is 337 g/mol. The minimum atomic E-state index is -0.746. The second-order valence-corrected chi connectivity index (χ2v) is 5.69. The molecule has 0 unspecified atom stereocenters. The van der Waals surface area contributed by atoms with Crippen molar-refractivity contribution in [3.63, 3.8) is 0 Å². The summed E-state index contributed by atoms with van der Waals surface area (Å²) in [5.74, 6) is -1.28. The van der Waals surface area contributed by atoms with Gasteiger partial charge in [-0.1, -0.05) is 29.3 Å². The molecule has 0 saturated carbocycles. The molecule has 2 amide bonds. The van der Waals surface area contributed by atoms with Crippen molar-refractivity contribution in [1.82, 2.24) is 0 Å². The van der Waals surface area contributed by atoms with Gasteiger partial charge in [0.1, 0.15) is 0 Å². The van der Waals surface area contributed by atoms with E-state index in [4.69, 9.17) is 28.9 Å². The summed E-state index contributed by atoms with van der Waals surface area (Å²) in [4.78, 5) is 23.9. The van der Waals surface area contributed by atoms with Crippen LogP contribution in [-0.2, 0) is 0 Å². The topological polar surface area (TPSA) is 72.2 Å². The van der Waals surface area contributed by atoms with Crippen molar-refractivity contribution in [2.24, 2.45) is 5.73 Å². The molecule has 3 N–H and O–H groups in total. The number of nitrogens with two attached hydrogens (primary N) is 1. The largest absolute Gasteiger partial charge is 0.366 e. The maximum Gasteiger partial charge on any atom is 0.258 e. The number of carbonyl (C=O) groups is 2. The second kappa shape index (κ2) is 6.38. The van der Waals surface area contributed by atoms with E-state index in [9.17, 15) is 9.59 Å². The number of anilines is 1. The monoisotopic (exact) mass is 336 g/mol. The molecule has 0 fully saturated rings. The average Bonchev–Trinajstić information content (AvgIpc) is 2.45. The highest BCUT2D eigenvalue weighted by molar-refractivity contribution is 6.44. The first-order chi connectivity index (χ1) is 10.3. The van der Waals surface area contributed by atoms with Gasteiger partial charge in [-0.2, -0.15) is 0 Å². The molecule has 0 aliphatic carbocycles. The number of hydrogen-bond acceptors (Lipinski definition) is 2. The van der Waals surface area contributed by atoms with Gasteiger partial charge in [0.05, 0.1) is 21.2 Å². The number of aryl methyl sites for hydroxylation is 2. The first kappa shape index (κ1) is 16.3. The highest BCUT2D eigenvalue weighted by Crippen LogP contribution is 2.29. The Balaban J connectivity index is 2.43. The van der Waals surface area contributed by atoms with Gasteiger partial charge in [-0.15, -0.1) is 0 Å². The van der Waals surface area contributed by atoms with Crippen LogP contribution in [0, 0.1) is 13.8 Å². The fourth-order valence-corrected chi connectivity index (χ4v) is 2.40. The predicted molar refractivity (Wildman–Crippen MR) is 88.8 cm³/mol. The summed E-state index contributed by atoms with van der Waals surface area (Å²) in [5, 5.41) is 2.88. The Bertz CT molecular complexity index is 773. The van der Waals surface area contributed by atoms with Gasteiger partial charge in [-0.3, -0.25) is 9.59 Å². The zero-order valence-electron chi connectivity index (χ0n) is 12.0. The van der Waals surface area contributed by atoms with Gasteiger partial charge in [-0.25, -0.2) is 0 Å². The second-order valence-electron chi connectivity index (χ2n) is 4.90. The molecular formula is C16H14Cl2N2O2. The molecular weight excluding hydrogens is 323 g/mol. The maximum atomic E-state index is 12.4. The van der Waals surface area contributed by atoms with Gasteiger partial charge in [0.2, 0.25) is 5.91 Å². The van der Waals surface area contributed by atoms with E-state index in [1.165, 1.54) is 12.1 Å². The molecule has 6 heteroatoms. The minimum Gasteiger partial charge on any atom is -0.366 e. The number of amides is 2. The van der Waals surface area contributed by atoms with Gasteiger partial charge in [0.15, 0.2) is 0 Å². The van der Waals surface area contributed by atoms with E-state index in [0.29, 0.717) is 5.69 Å². The molecule has 2 aromatic carbocycles. The third-order valence-electron chi connectivity index (χ3n) is 3.35. The zero-order valence-corrected chi connectivity index (χ0v) is 13.5. The van der Waals surface area contributed by atoms with Crippen LogP contribution in [-0.4, -0.2) is 11.8 Å². The lowest BCUT2D eigenvalue weighted by Crippen LogP contribution is -2.21. The van der Waals surface area contributed by atoms with Crippen LogP contribution < -0.4 is 11.1 Å². The first-order valence-electron chi connectivity index (χ1n) is 6.47. The van der Waals surface area contributed by atoms with Gasteiger partial charge < -0.3 is 11.1 Å². The maximum absolute atomic E-state index is 12.4. The van der Waals surface area contributed by atoms with Crippen LogP contribution in [0.4, 0.5) is 5.69 Å². The lowest BCUT2D eigenvalue weighted by molar-refractivity contribution is 0.0977. The van der Waals surface area contributed by atoms with E-state index in [1.807, 2.05) is 26.0 Å². The summed E-state index contributed by atoms with van der Waals surface area (Å²) in [6, 6.07) is 8.29. The molecule has 0 atom stereocenters. The molecule has 0 aromatic heterocycles. The van der Waals surface area contributed by atoms with Gasteiger partial charge in [0, 0.05) is 5.69 Å². The molecule has 2 rings (SSSR count). The summed E-state index contributed by atoms with van der Waals surface area (Å²) in [6.45, 7) is 3.91.